The molecule has 0 aromatic heterocycles. The van der Waals surface area contributed by atoms with Crippen molar-refractivity contribution in [3.05, 3.63) is 12.7 Å². The molecule has 2 heteroatoms. The van der Waals surface area contributed by atoms with Gasteiger partial charge in [0.2, 0.25) is 0 Å². The largest absolute Gasteiger partial charge is 0.365 e. The van der Waals surface area contributed by atoms with Gasteiger partial charge in [-0.1, -0.05) is 40.2 Å². The predicted molar refractivity (Wildman–Crippen MR) is 99.5 cm³/mol. The van der Waals surface area contributed by atoms with Crippen LogP contribution in [0.5, 0.6) is 0 Å². The molecule has 3 rings (SSSR count). The maximum absolute atomic E-state index is 12.0. The molecule has 1 saturated heterocycles. The standard InChI is InChI=1S/C22H38O2/c1-8-12-22(23)21-14-13-20(7,9-2)18(21)16(4)17(21)11-10-15(3)19(5,6)24-22/h9,15-18,23H,2,8,10-14H2,1,3-7H3/t15-,16-,17-,18-,20-,21+,22-/m1/s1. The van der Waals surface area contributed by atoms with Crippen molar-refractivity contribution in [1.29, 1.82) is 0 Å². The first-order valence-corrected chi connectivity index (χ1v) is 10.1. The summed E-state index contributed by atoms with van der Waals surface area (Å²) in [4.78, 5) is 0. The first-order chi connectivity index (χ1) is 11.1. The van der Waals surface area contributed by atoms with E-state index in [0.29, 0.717) is 23.7 Å². The highest BCUT2D eigenvalue weighted by Gasteiger charge is 2.76. The lowest BCUT2D eigenvalue weighted by Gasteiger charge is -2.68. The quantitative estimate of drug-likeness (QED) is 0.685. The van der Waals surface area contributed by atoms with Crippen LogP contribution in [0.1, 0.15) is 80.1 Å². The maximum atomic E-state index is 12.0. The maximum Gasteiger partial charge on any atom is 0.172 e. The van der Waals surface area contributed by atoms with Gasteiger partial charge >= 0.3 is 0 Å². The summed E-state index contributed by atoms with van der Waals surface area (Å²) in [5, 5.41) is 12.0. The summed E-state index contributed by atoms with van der Waals surface area (Å²) in [5.41, 5.74) is -0.223. The molecule has 7 atom stereocenters. The van der Waals surface area contributed by atoms with Crippen molar-refractivity contribution in [2.75, 3.05) is 0 Å². The van der Waals surface area contributed by atoms with E-state index in [0.717, 1.165) is 25.7 Å². The molecule has 1 N–H and O–H groups in total. The summed E-state index contributed by atoms with van der Waals surface area (Å²) < 4.78 is 6.66. The Kier molecular flexibility index (Phi) is 4.29. The van der Waals surface area contributed by atoms with E-state index in [1.165, 1.54) is 12.8 Å². The van der Waals surface area contributed by atoms with Gasteiger partial charge in [-0.25, -0.2) is 0 Å². The first kappa shape index (κ1) is 18.5. The molecule has 24 heavy (non-hydrogen) atoms. The lowest BCUT2D eigenvalue weighted by Crippen LogP contribution is -2.70. The van der Waals surface area contributed by atoms with Gasteiger partial charge in [0.15, 0.2) is 5.79 Å². The van der Waals surface area contributed by atoms with Crippen molar-refractivity contribution >= 4 is 0 Å². The summed E-state index contributed by atoms with van der Waals surface area (Å²) in [6.07, 6.45) is 8.51. The zero-order chi connectivity index (χ0) is 18.0. The molecule has 2 nitrogen and oxygen atoms in total. The highest BCUT2D eigenvalue weighted by atomic mass is 16.6. The van der Waals surface area contributed by atoms with Gasteiger partial charge < -0.3 is 9.84 Å². The van der Waals surface area contributed by atoms with Gasteiger partial charge in [0.25, 0.3) is 0 Å². The van der Waals surface area contributed by atoms with E-state index in [-0.39, 0.29) is 16.4 Å². The summed E-state index contributed by atoms with van der Waals surface area (Å²) in [7, 11) is 0. The van der Waals surface area contributed by atoms with Crippen molar-refractivity contribution in [3.8, 4) is 0 Å². The van der Waals surface area contributed by atoms with Crippen molar-refractivity contribution in [1.82, 2.24) is 0 Å². The van der Waals surface area contributed by atoms with Gasteiger partial charge in [0, 0.05) is 11.8 Å². The average Bonchev–Trinajstić information content (AvgIpc) is 2.77. The molecule has 0 amide bonds. The number of aliphatic hydroxyl groups is 1. The molecule has 138 valence electrons. The second kappa shape index (κ2) is 5.58. The molecule has 2 saturated carbocycles. The van der Waals surface area contributed by atoms with E-state index in [9.17, 15) is 5.11 Å². The number of allylic oxidation sites excluding steroid dienone is 1. The van der Waals surface area contributed by atoms with Crippen LogP contribution in [0, 0.1) is 34.5 Å². The molecular formula is C22H38O2. The van der Waals surface area contributed by atoms with Gasteiger partial charge in [-0.2, -0.15) is 0 Å². The molecule has 3 aliphatic rings. The highest BCUT2D eigenvalue weighted by molar-refractivity contribution is 5.24. The van der Waals surface area contributed by atoms with Crippen molar-refractivity contribution in [2.24, 2.45) is 34.5 Å². The van der Waals surface area contributed by atoms with E-state index in [1.807, 2.05) is 0 Å². The average molecular weight is 335 g/mol. The van der Waals surface area contributed by atoms with Gasteiger partial charge in [-0.3, -0.25) is 0 Å². The van der Waals surface area contributed by atoms with Gasteiger partial charge in [-0.15, -0.1) is 6.58 Å². The number of hydrogen-bond acceptors (Lipinski definition) is 2. The Morgan fingerprint density at radius 2 is 1.83 bits per heavy atom. The smallest absolute Gasteiger partial charge is 0.172 e. The SMILES string of the molecule is C=C[C@]1(C)CC[C@@]23[C@H](CC[C@@H](C)C(C)(C)O[C@]2(O)CCC)[C@@H](C)[C@@H]31. The van der Waals surface area contributed by atoms with E-state index < -0.39 is 5.79 Å². The molecule has 1 heterocycles. The Morgan fingerprint density at radius 3 is 2.42 bits per heavy atom. The Bertz CT molecular complexity index is 512. The Hall–Kier alpha value is -0.340. The highest BCUT2D eigenvalue weighted by Crippen LogP contribution is 2.77. The molecule has 0 aromatic carbocycles. The third-order valence-corrected chi connectivity index (χ3v) is 8.48. The van der Waals surface area contributed by atoms with Crippen LogP contribution in [-0.2, 0) is 4.74 Å². The molecular weight excluding hydrogens is 296 g/mol. The Morgan fingerprint density at radius 1 is 1.17 bits per heavy atom. The third-order valence-electron chi connectivity index (χ3n) is 8.48. The van der Waals surface area contributed by atoms with Crippen LogP contribution in [-0.4, -0.2) is 16.5 Å². The minimum Gasteiger partial charge on any atom is -0.365 e. The molecule has 1 aliphatic heterocycles. The number of hydrogen-bond donors (Lipinski definition) is 1. The first-order valence-electron chi connectivity index (χ1n) is 10.1. The van der Waals surface area contributed by atoms with Gasteiger partial charge in [0.1, 0.15) is 0 Å². The third kappa shape index (κ3) is 2.14. The Balaban J connectivity index is 2.09. The fraction of sp³-hybridized carbons (Fsp3) is 0.909. The lowest BCUT2D eigenvalue weighted by molar-refractivity contribution is -0.389. The van der Waals surface area contributed by atoms with Crippen molar-refractivity contribution < 1.29 is 9.84 Å². The Labute approximate surface area is 149 Å². The lowest BCUT2D eigenvalue weighted by atomic mass is 9.40. The topological polar surface area (TPSA) is 29.5 Å². The number of ether oxygens (including phenoxy) is 1. The zero-order valence-corrected chi connectivity index (χ0v) is 16.7. The van der Waals surface area contributed by atoms with Crippen LogP contribution in [0.2, 0.25) is 0 Å². The van der Waals surface area contributed by atoms with E-state index in [4.69, 9.17) is 4.74 Å². The van der Waals surface area contributed by atoms with Crippen LogP contribution in [0.25, 0.3) is 0 Å². The summed E-state index contributed by atoms with van der Waals surface area (Å²) in [6.45, 7) is 17.7. The van der Waals surface area contributed by atoms with Crippen LogP contribution in [0.4, 0.5) is 0 Å². The van der Waals surface area contributed by atoms with E-state index in [2.05, 4.69) is 54.2 Å². The summed E-state index contributed by atoms with van der Waals surface area (Å²) in [5.74, 6) is 1.20. The minimum atomic E-state index is -0.997. The number of rotatable bonds is 3. The predicted octanol–water partition coefficient (Wildman–Crippen LogP) is 5.55. The monoisotopic (exact) mass is 334 g/mol. The second-order valence-corrected chi connectivity index (χ2v) is 9.91. The van der Waals surface area contributed by atoms with E-state index in [1.54, 1.807) is 0 Å². The van der Waals surface area contributed by atoms with Crippen molar-refractivity contribution in [2.45, 2.75) is 91.5 Å². The van der Waals surface area contributed by atoms with Crippen LogP contribution in [0.15, 0.2) is 12.7 Å². The molecule has 2 aliphatic carbocycles. The normalized spacial score (nSPS) is 53.3. The summed E-state index contributed by atoms with van der Waals surface area (Å²) >= 11 is 0. The molecule has 0 radical (unpaired) electrons. The van der Waals surface area contributed by atoms with Gasteiger partial charge in [0.05, 0.1) is 5.60 Å². The fourth-order valence-corrected chi connectivity index (χ4v) is 6.95. The second-order valence-electron chi connectivity index (χ2n) is 9.91. The molecule has 1 spiro atoms. The zero-order valence-electron chi connectivity index (χ0n) is 16.7. The molecule has 0 aromatic rings. The minimum absolute atomic E-state index is 0.0806. The molecule has 3 fully saturated rings. The van der Waals surface area contributed by atoms with Crippen molar-refractivity contribution in [3.63, 3.8) is 0 Å². The van der Waals surface area contributed by atoms with E-state index >= 15 is 0 Å². The van der Waals surface area contributed by atoms with Crippen LogP contribution in [0.3, 0.4) is 0 Å². The van der Waals surface area contributed by atoms with Crippen LogP contribution < -0.4 is 0 Å². The van der Waals surface area contributed by atoms with Gasteiger partial charge in [-0.05, 0) is 68.6 Å². The summed E-state index contributed by atoms with van der Waals surface area (Å²) in [6, 6.07) is 0. The molecule has 0 bridgehead atoms. The molecule has 0 unspecified atom stereocenters. The fourth-order valence-electron chi connectivity index (χ4n) is 6.95. The van der Waals surface area contributed by atoms with Crippen LogP contribution >= 0.6 is 0 Å².